The highest BCUT2D eigenvalue weighted by Crippen LogP contribution is 2.43. The van der Waals surface area contributed by atoms with Crippen molar-refractivity contribution >= 4 is 0 Å². The summed E-state index contributed by atoms with van der Waals surface area (Å²) < 4.78 is 0. The zero-order valence-corrected chi connectivity index (χ0v) is 12.1. The third-order valence-electron chi connectivity index (χ3n) is 4.58. The van der Waals surface area contributed by atoms with Gasteiger partial charge in [-0.25, -0.2) is 0 Å². The summed E-state index contributed by atoms with van der Waals surface area (Å²) in [5.74, 6) is 0. The van der Waals surface area contributed by atoms with Crippen LogP contribution in [0.25, 0.3) is 0 Å². The van der Waals surface area contributed by atoms with Crippen molar-refractivity contribution in [2.24, 2.45) is 0 Å². The average molecular weight is 258 g/mol. The lowest BCUT2D eigenvalue weighted by molar-refractivity contribution is 0.0472. The van der Waals surface area contributed by atoms with Gasteiger partial charge >= 0.3 is 0 Å². The molecule has 1 aliphatic carbocycles. The number of aliphatic hydroxyl groups excluding tert-OH is 1. The van der Waals surface area contributed by atoms with Crippen molar-refractivity contribution in [3.63, 3.8) is 0 Å². The Kier molecular flexibility index (Phi) is 4.81. The summed E-state index contributed by atoms with van der Waals surface area (Å²) in [5.41, 5.74) is 2.47. The van der Waals surface area contributed by atoms with Crippen molar-refractivity contribution in [3.05, 3.63) is 48.0 Å². The van der Waals surface area contributed by atoms with Crippen molar-refractivity contribution in [1.82, 2.24) is 0 Å². The van der Waals surface area contributed by atoms with Crippen molar-refractivity contribution in [3.8, 4) is 0 Å². The van der Waals surface area contributed by atoms with Crippen LogP contribution in [0.4, 0.5) is 0 Å². The minimum atomic E-state index is -0.244. The fourth-order valence-corrected chi connectivity index (χ4v) is 3.43. The first kappa shape index (κ1) is 14.3. The molecule has 0 spiro atoms. The molecule has 1 unspecified atom stereocenters. The van der Waals surface area contributed by atoms with Gasteiger partial charge in [-0.2, -0.15) is 0 Å². The molecular formula is C18H26O. The predicted octanol–water partition coefficient (Wildman–Crippen LogP) is 4.61. The van der Waals surface area contributed by atoms with Gasteiger partial charge in [0.25, 0.3) is 0 Å². The number of hydrogen-bond acceptors (Lipinski definition) is 1. The van der Waals surface area contributed by atoms with Gasteiger partial charge in [0.1, 0.15) is 0 Å². The third kappa shape index (κ3) is 3.27. The molecule has 1 aromatic carbocycles. The van der Waals surface area contributed by atoms with Crippen LogP contribution in [0.2, 0.25) is 0 Å². The van der Waals surface area contributed by atoms with Gasteiger partial charge in [0.05, 0.1) is 6.10 Å². The lowest BCUT2D eigenvalue weighted by Gasteiger charge is -2.42. The van der Waals surface area contributed by atoms with Crippen molar-refractivity contribution in [2.75, 3.05) is 0 Å². The van der Waals surface area contributed by atoms with Gasteiger partial charge in [-0.05, 0) is 38.2 Å². The number of hydrogen-bond donors (Lipinski definition) is 1. The molecule has 1 fully saturated rings. The number of aliphatic hydroxyl groups is 1. The van der Waals surface area contributed by atoms with Crippen molar-refractivity contribution < 1.29 is 5.11 Å². The first-order valence-electron chi connectivity index (χ1n) is 7.53. The molecule has 1 atom stereocenters. The zero-order chi connectivity index (χ0) is 13.7. The molecule has 0 heterocycles. The van der Waals surface area contributed by atoms with E-state index in [4.69, 9.17) is 0 Å². The summed E-state index contributed by atoms with van der Waals surface area (Å²) in [7, 11) is 0. The summed E-state index contributed by atoms with van der Waals surface area (Å²) in [6.45, 7) is 6.00. The molecule has 1 saturated carbocycles. The van der Waals surface area contributed by atoms with Crippen LogP contribution in [0.3, 0.4) is 0 Å². The minimum Gasteiger partial charge on any atom is -0.392 e. The summed E-state index contributed by atoms with van der Waals surface area (Å²) in [4.78, 5) is 0. The van der Waals surface area contributed by atoms with Crippen LogP contribution >= 0.6 is 0 Å². The van der Waals surface area contributed by atoms with E-state index in [-0.39, 0.29) is 11.5 Å². The zero-order valence-electron chi connectivity index (χ0n) is 12.1. The van der Waals surface area contributed by atoms with E-state index in [1.165, 1.54) is 24.8 Å². The van der Waals surface area contributed by atoms with Crippen molar-refractivity contribution in [2.45, 2.75) is 63.4 Å². The minimum absolute atomic E-state index is 0.0189. The SMILES string of the molecule is C=C(C)CCC(O)C1(c2ccccc2)CCCCC1. The molecule has 0 bridgehead atoms. The highest BCUT2D eigenvalue weighted by atomic mass is 16.3. The fraction of sp³-hybridized carbons (Fsp3) is 0.556. The summed E-state index contributed by atoms with van der Waals surface area (Å²) in [5, 5.41) is 10.8. The first-order chi connectivity index (χ1) is 9.15. The maximum atomic E-state index is 10.8. The van der Waals surface area contributed by atoms with Gasteiger partial charge in [0.15, 0.2) is 0 Å². The molecule has 1 nitrogen and oxygen atoms in total. The molecule has 1 heteroatoms. The van der Waals surface area contributed by atoms with Gasteiger partial charge < -0.3 is 5.11 Å². The van der Waals surface area contributed by atoms with Gasteiger partial charge in [-0.15, -0.1) is 6.58 Å². The van der Waals surface area contributed by atoms with Crippen LogP contribution in [0.5, 0.6) is 0 Å². The Labute approximate surface area is 117 Å². The third-order valence-corrected chi connectivity index (χ3v) is 4.58. The second kappa shape index (κ2) is 6.38. The monoisotopic (exact) mass is 258 g/mol. The van der Waals surface area contributed by atoms with E-state index in [0.29, 0.717) is 0 Å². The molecule has 1 aliphatic rings. The Morgan fingerprint density at radius 1 is 1.21 bits per heavy atom. The lowest BCUT2D eigenvalue weighted by atomic mass is 9.65. The molecule has 0 aliphatic heterocycles. The number of rotatable bonds is 5. The number of benzene rings is 1. The second-order valence-electron chi connectivity index (χ2n) is 6.09. The van der Waals surface area contributed by atoms with Crippen LogP contribution in [0, 0.1) is 0 Å². The van der Waals surface area contributed by atoms with Crippen molar-refractivity contribution in [1.29, 1.82) is 0 Å². The molecule has 0 aromatic heterocycles. The van der Waals surface area contributed by atoms with Gasteiger partial charge in [-0.3, -0.25) is 0 Å². The molecule has 0 radical (unpaired) electrons. The second-order valence-corrected chi connectivity index (χ2v) is 6.09. The van der Waals surface area contributed by atoms with E-state index < -0.39 is 0 Å². The molecule has 2 rings (SSSR count). The molecule has 0 saturated heterocycles. The highest BCUT2D eigenvalue weighted by Gasteiger charge is 2.39. The van der Waals surface area contributed by atoms with Crippen LogP contribution in [-0.4, -0.2) is 11.2 Å². The molecule has 0 amide bonds. The van der Waals surface area contributed by atoms with Crippen LogP contribution in [-0.2, 0) is 5.41 Å². The van der Waals surface area contributed by atoms with Crippen LogP contribution in [0.1, 0.15) is 57.4 Å². The Morgan fingerprint density at radius 3 is 2.42 bits per heavy atom. The van der Waals surface area contributed by atoms with E-state index in [1.54, 1.807) is 0 Å². The van der Waals surface area contributed by atoms with E-state index in [9.17, 15) is 5.11 Å². The largest absolute Gasteiger partial charge is 0.392 e. The van der Waals surface area contributed by atoms with E-state index in [0.717, 1.165) is 31.3 Å². The normalized spacial score (nSPS) is 19.9. The maximum absolute atomic E-state index is 10.8. The Morgan fingerprint density at radius 2 is 1.84 bits per heavy atom. The molecule has 19 heavy (non-hydrogen) atoms. The van der Waals surface area contributed by atoms with E-state index in [2.05, 4.69) is 36.9 Å². The van der Waals surface area contributed by atoms with Gasteiger partial charge in [-0.1, -0.05) is 55.2 Å². The summed E-state index contributed by atoms with van der Waals surface area (Å²) >= 11 is 0. The topological polar surface area (TPSA) is 20.2 Å². The van der Waals surface area contributed by atoms with E-state index in [1.807, 2.05) is 6.92 Å². The van der Waals surface area contributed by atoms with Gasteiger partial charge in [0.2, 0.25) is 0 Å². The average Bonchev–Trinajstić information content (AvgIpc) is 2.46. The Bertz CT molecular complexity index is 401. The molecule has 1 N–H and O–H groups in total. The molecule has 104 valence electrons. The smallest absolute Gasteiger partial charge is 0.0639 e. The summed E-state index contributed by atoms with van der Waals surface area (Å²) in [6.07, 6.45) is 7.54. The highest BCUT2D eigenvalue weighted by molar-refractivity contribution is 5.28. The Hall–Kier alpha value is -1.08. The predicted molar refractivity (Wildman–Crippen MR) is 81.3 cm³/mol. The van der Waals surface area contributed by atoms with Crippen LogP contribution < -0.4 is 0 Å². The first-order valence-corrected chi connectivity index (χ1v) is 7.53. The maximum Gasteiger partial charge on any atom is 0.0639 e. The summed E-state index contributed by atoms with van der Waals surface area (Å²) in [6, 6.07) is 10.6. The number of allylic oxidation sites excluding steroid dienone is 1. The molecular weight excluding hydrogens is 232 g/mol. The lowest BCUT2D eigenvalue weighted by Crippen LogP contribution is -2.41. The van der Waals surface area contributed by atoms with Crippen LogP contribution in [0.15, 0.2) is 42.5 Å². The standard InChI is InChI=1S/C18H26O/c1-15(2)11-12-17(19)18(13-7-4-8-14-18)16-9-5-3-6-10-16/h3,5-6,9-10,17,19H,1,4,7-8,11-14H2,2H3. The van der Waals surface area contributed by atoms with E-state index >= 15 is 0 Å². The molecule has 1 aromatic rings. The van der Waals surface area contributed by atoms with Gasteiger partial charge in [0, 0.05) is 5.41 Å². The fourth-order valence-electron chi connectivity index (χ4n) is 3.43. The quantitative estimate of drug-likeness (QED) is 0.765. The Balaban J connectivity index is 2.21.